The van der Waals surface area contributed by atoms with Crippen molar-refractivity contribution in [2.45, 2.75) is 24.9 Å². The summed E-state index contributed by atoms with van der Waals surface area (Å²) in [6.45, 7) is 1.48. The maximum atomic E-state index is 13.3. The second-order valence-corrected chi connectivity index (χ2v) is 6.70. The van der Waals surface area contributed by atoms with Crippen LogP contribution < -0.4 is 4.90 Å². The van der Waals surface area contributed by atoms with Crippen LogP contribution in [0.5, 0.6) is 0 Å². The minimum absolute atomic E-state index is 0.0709. The Balaban J connectivity index is 1.45. The van der Waals surface area contributed by atoms with Crippen LogP contribution in [0.25, 0.3) is 11.0 Å². The predicted octanol–water partition coefficient (Wildman–Crippen LogP) is 2.09. The molecule has 1 aromatic carbocycles. The summed E-state index contributed by atoms with van der Waals surface area (Å²) in [6, 6.07) is 7.59. The number of halogens is 2. The molecule has 0 spiro atoms. The smallest absolute Gasteiger partial charge is 0.253 e. The number of aromatic nitrogens is 2. The number of nitrogens with zero attached hydrogens (tertiary/aromatic N) is 4. The molecule has 2 aliphatic heterocycles. The van der Waals surface area contributed by atoms with Gasteiger partial charge in [0.05, 0.1) is 30.4 Å². The summed E-state index contributed by atoms with van der Waals surface area (Å²) < 4.78 is 32.2. The normalized spacial score (nSPS) is 23.2. The molecule has 1 atom stereocenters. The molecular formula is C18H20F2N4O2. The van der Waals surface area contributed by atoms with Crippen molar-refractivity contribution >= 4 is 22.8 Å². The second-order valence-electron chi connectivity index (χ2n) is 6.70. The van der Waals surface area contributed by atoms with Gasteiger partial charge in [-0.1, -0.05) is 12.1 Å². The van der Waals surface area contributed by atoms with Crippen molar-refractivity contribution < 1.29 is 18.3 Å². The number of para-hydroxylation sites is 2. The van der Waals surface area contributed by atoms with Crippen molar-refractivity contribution in [3.8, 4) is 0 Å². The van der Waals surface area contributed by atoms with Crippen LogP contribution in [-0.2, 0) is 9.53 Å². The first-order valence-electron chi connectivity index (χ1n) is 8.77. The number of rotatable bonds is 2. The van der Waals surface area contributed by atoms with Gasteiger partial charge < -0.3 is 14.5 Å². The zero-order chi connectivity index (χ0) is 18.1. The van der Waals surface area contributed by atoms with Crippen molar-refractivity contribution in [1.29, 1.82) is 0 Å². The van der Waals surface area contributed by atoms with Gasteiger partial charge in [-0.25, -0.2) is 13.8 Å². The van der Waals surface area contributed by atoms with E-state index < -0.39 is 12.0 Å². The third kappa shape index (κ3) is 3.46. The summed E-state index contributed by atoms with van der Waals surface area (Å²) in [5.74, 6) is -2.20. The average Bonchev–Trinajstić information content (AvgIpc) is 2.67. The number of morpholine rings is 1. The minimum Gasteiger partial charge on any atom is -0.365 e. The molecule has 26 heavy (non-hydrogen) atoms. The minimum atomic E-state index is -2.67. The monoisotopic (exact) mass is 362 g/mol. The molecule has 0 radical (unpaired) electrons. The lowest BCUT2D eigenvalue weighted by atomic mass is 10.1. The highest BCUT2D eigenvalue weighted by atomic mass is 19.3. The summed E-state index contributed by atoms with van der Waals surface area (Å²) in [7, 11) is 0. The van der Waals surface area contributed by atoms with E-state index in [0.717, 1.165) is 11.0 Å². The Morgan fingerprint density at radius 2 is 1.88 bits per heavy atom. The quantitative estimate of drug-likeness (QED) is 0.819. The second kappa shape index (κ2) is 6.75. The molecule has 2 saturated heterocycles. The lowest BCUT2D eigenvalue weighted by Gasteiger charge is -2.37. The Labute approximate surface area is 149 Å². The van der Waals surface area contributed by atoms with E-state index in [9.17, 15) is 13.6 Å². The number of benzene rings is 1. The Morgan fingerprint density at radius 3 is 2.65 bits per heavy atom. The van der Waals surface area contributed by atoms with Gasteiger partial charge in [-0.05, 0) is 12.1 Å². The standard InChI is InChI=1S/C18H20F2N4O2/c19-18(20)5-7-23(8-6-18)17(25)15-12-24(9-10-26-15)16-11-21-13-3-1-2-4-14(13)22-16/h1-4,11,15H,5-10,12H2. The largest absolute Gasteiger partial charge is 0.365 e. The molecule has 2 aliphatic rings. The molecule has 2 aromatic rings. The summed E-state index contributed by atoms with van der Waals surface area (Å²) in [6.07, 6.45) is 0.455. The summed E-state index contributed by atoms with van der Waals surface area (Å²) >= 11 is 0. The topological polar surface area (TPSA) is 58.6 Å². The van der Waals surface area contributed by atoms with Crippen molar-refractivity contribution in [2.24, 2.45) is 0 Å². The maximum Gasteiger partial charge on any atom is 0.253 e. The molecule has 0 bridgehead atoms. The number of carbonyl (C=O) groups excluding carboxylic acids is 1. The first kappa shape index (κ1) is 17.1. The van der Waals surface area contributed by atoms with Crippen LogP contribution in [0.1, 0.15) is 12.8 Å². The number of piperidine rings is 1. The first-order chi connectivity index (χ1) is 12.5. The highest BCUT2D eigenvalue weighted by Crippen LogP contribution is 2.28. The van der Waals surface area contributed by atoms with Crippen LogP contribution in [0, 0.1) is 0 Å². The fourth-order valence-corrected chi connectivity index (χ4v) is 3.36. The van der Waals surface area contributed by atoms with E-state index in [1.807, 2.05) is 29.2 Å². The Hall–Kier alpha value is -2.35. The van der Waals surface area contributed by atoms with E-state index in [2.05, 4.69) is 9.97 Å². The molecule has 8 heteroatoms. The van der Waals surface area contributed by atoms with Gasteiger partial charge in [-0.15, -0.1) is 0 Å². The third-order valence-corrected chi connectivity index (χ3v) is 4.91. The number of fused-ring (bicyclic) bond motifs is 1. The zero-order valence-corrected chi connectivity index (χ0v) is 14.3. The summed E-state index contributed by atoms with van der Waals surface area (Å²) in [5, 5.41) is 0. The molecule has 3 heterocycles. The van der Waals surface area contributed by atoms with E-state index >= 15 is 0 Å². The molecule has 1 unspecified atom stereocenters. The van der Waals surface area contributed by atoms with Gasteiger partial charge in [-0.3, -0.25) is 9.78 Å². The number of amides is 1. The molecule has 0 aliphatic carbocycles. The molecule has 138 valence electrons. The summed E-state index contributed by atoms with van der Waals surface area (Å²) in [5.41, 5.74) is 1.60. The zero-order valence-electron chi connectivity index (χ0n) is 14.3. The molecule has 2 fully saturated rings. The number of alkyl halides is 2. The average molecular weight is 362 g/mol. The van der Waals surface area contributed by atoms with Crippen molar-refractivity contribution in [2.75, 3.05) is 37.7 Å². The van der Waals surface area contributed by atoms with E-state index in [4.69, 9.17) is 4.74 Å². The number of anilines is 1. The van der Waals surface area contributed by atoms with Crippen molar-refractivity contribution in [3.63, 3.8) is 0 Å². The van der Waals surface area contributed by atoms with Gasteiger partial charge in [0.2, 0.25) is 0 Å². The van der Waals surface area contributed by atoms with E-state index in [1.54, 1.807) is 6.20 Å². The van der Waals surface area contributed by atoms with E-state index in [0.29, 0.717) is 25.5 Å². The molecule has 6 nitrogen and oxygen atoms in total. The van der Waals surface area contributed by atoms with E-state index in [-0.39, 0.29) is 31.8 Å². The van der Waals surface area contributed by atoms with Crippen LogP contribution >= 0.6 is 0 Å². The molecule has 4 rings (SSSR count). The van der Waals surface area contributed by atoms with Gasteiger partial charge in [0.25, 0.3) is 11.8 Å². The van der Waals surface area contributed by atoms with Crippen molar-refractivity contribution in [1.82, 2.24) is 14.9 Å². The van der Waals surface area contributed by atoms with Gasteiger partial charge in [-0.2, -0.15) is 0 Å². The number of hydrogen-bond donors (Lipinski definition) is 0. The highest BCUT2D eigenvalue weighted by molar-refractivity contribution is 5.82. The molecule has 0 saturated carbocycles. The SMILES string of the molecule is O=C(C1CN(c2cnc3ccccc3n2)CCO1)N1CCC(F)(F)CC1. The molecule has 0 N–H and O–H groups in total. The van der Waals surface area contributed by atoms with Crippen LogP contribution in [0.15, 0.2) is 30.5 Å². The highest BCUT2D eigenvalue weighted by Gasteiger charge is 2.38. The third-order valence-electron chi connectivity index (χ3n) is 4.91. The molecular weight excluding hydrogens is 342 g/mol. The van der Waals surface area contributed by atoms with Gasteiger partial charge in [0, 0.05) is 32.5 Å². The van der Waals surface area contributed by atoms with Crippen LogP contribution in [0.2, 0.25) is 0 Å². The number of carbonyl (C=O) groups is 1. The van der Waals surface area contributed by atoms with Gasteiger partial charge in [0.15, 0.2) is 6.10 Å². The predicted molar refractivity (Wildman–Crippen MR) is 92.3 cm³/mol. The van der Waals surface area contributed by atoms with Crippen LogP contribution in [0.3, 0.4) is 0 Å². The maximum absolute atomic E-state index is 13.3. The fraction of sp³-hybridized carbons (Fsp3) is 0.500. The number of likely N-dealkylation sites (tertiary alicyclic amines) is 1. The Morgan fingerprint density at radius 1 is 1.15 bits per heavy atom. The first-order valence-corrected chi connectivity index (χ1v) is 8.77. The lowest BCUT2D eigenvalue weighted by Crippen LogP contribution is -2.53. The molecule has 1 aromatic heterocycles. The Kier molecular flexibility index (Phi) is 4.44. The van der Waals surface area contributed by atoms with Crippen LogP contribution in [-0.4, -0.2) is 65.6 Å². The fourth-order valence-electron chi connectivity index (χ4n) is 3.36. The van der Waals surface area contributed by atoms with Crippen molar-refractivity contribution in [3.05, 3.63) is 30.5 Å². The lowest BCUT2D eigenvalue weighted by molar-refractivity contribution is -0.150. The molecule has 1 amide bonds. The number of ether oxygens (including phenoxy) is 1. The summed E-state index contributed by atoms with van der Waals surface area (Å²) in [4.78, 5) is 25.1. The number of hydrogen-bond acceptors (Lipinski definition) is 5. The Bertz CT molecular complexity index is 807. The van der Waals surface area contributed by atoms with Gasteiger partial charge >= 0.3 is 0 Å². The van der Waals surface area contributed by atoms with Crippen LogP contribution in [0.4, 0.5) is 14.6 Å². The van der Waals surface area contributed by atoms with E-state index in [1.165, 1.54) is 4.90 Å². The van der Waals surface area contributed by atoms with Gasteiger partial charge in [0.1, 0.15) is 5.82 Å².